The number of hydrogen-bond acceptors (Lipinski definition) is 5. The number of nitrogens with zero attached hydrogens (tertiary/aromatic N) is 3. The second-order valence-electron chi connectivity index (χ2n) is 6.26. The molecule has 0 radical (unpaired) electrons. The van der Waals surface area contributed by atoms with Gasteiger partial charge in [0.2, 0.25) is 0 Å². The number of hydrogen-bond donors (Lipinski definition) is 1. The molecular weight excluding hydrogens is 280 g/mol. The second-order valence-corrected chi connectivity index (χ2v) is 6.26. The summed E-state index contributed by atoms with van der Waals surface area (Å²) < 4.78 is 7.34. The Kier molecular flexibility index (Phi) is 3.33. The number of nitrogens with two attached hydrogens (primary N) is 1. The molecule has 3 heterocycles. The average molecular weight is 300 g/mol. The van der Waals surface area contributed by atoms with Crippen LogP contribution in [0.3, 0.4) is 0 Å². The third kappa shape index (κ3) is 2.37. The predicted octanol–water partition coefficient (Wildman–Crippen LogP) is 1.99. The largest absolute Gasteiger partial charge is 0.383 e. The van der Waals surface area contributed by atoms with Crippen molar-refractivity contribution in [2.75, 3.05) is 18.9 Å². The van der Waals surface area contributed by atoms with Gasteiger partial charge < -0.3 is 10.5 Å². The van der Waals surface area contributed by atoms with Crippen molar-refractivity contribution in [3.8, 4) is 0 Å². The molecule has 0 amide bonds. The quantitative estimate of drug-likeness (QED) is 0.917. The van der Waals surface area contributed by atoms with Gasteiger partial charge in [-0.3, -0.25) is 4.57 Å². The molecule has 1 saturated heterocycles. The van der Waals surface area contributed by atoms with E-state index in [2.05, 4.69) is 4.98 Å². The lowest BCUT2D eigenvalue weighted by Gasteiger charge is -2.19. The molecule has 6 heteroatoms. The Labute approximate surface area is 128 Å². The van der Waals surface area contributed by atoms with E-state index in [1.165, 1.54) is 12.8 Å². The number of fused-ring (bicyclic) bond motifs is 1. The lowest BCUT2D eigenvalue weighted by atomic mass is 10.1. The van der Waals surface area contributed by atoms with Gasteiger partial charge in [-0.05, 0) is 44.2 Å². The van der Waals surface area contributed by atoms with Crippen LogP contribution < -0.4 is 11.4 Å². The van der Waals surface area contributed by atoms with Crippen LogP contribution in [0.15, 0.2) is 16.9 Å². The smallest absolute Gasteiger partial charge is 0.351 e. The summed E-state index contributed by atoms with van der Waals surface area (Å²) in [5.41, 5.74) is 7.33. The van der Waals surface area contributed by atoms with Crippen molar-refractivity contribution >= 4 is 16.9 Å². The predicted molar refractivity (Wildman–Crippen MR) is 83.9 cm³/mol. The topological polar surface area (TPSA) is 83.0 Å². The standard InChI is InChI=1S/C16H20N4O2/c17-14-12-6-7-13(10-4-5-10)18-15(12)20(16(21)19-14)11-3-1-2-8-22-9-11/h6-7,10-11H,1-5,8-9H2,(H2,17,19,21)/t11-/m1/s1. The highest BCUT2D eigenvalue weighted by molar-refractivity contribution is 5.85. The molecule has 2 aromatic heterocycles. The minimum Gasteiger partial charge on any atom is -0.383 e. The minimum atomic E-state index is -0.319. The van der Waals surface area contributed by atoms with Crippen LogP contribution in [0.1, 0.15) is 49.8 Å². The summed E-state index contributed by atoms with van der Waals surface area (Å²) in [5.74, 6) is 0.799. The van der Waals surface area contributed by atoms with Crippen molar-refractivity contribution < 1.29 is 4.74 Å². The zero-order valence-electron chi connectivity index (χ0n) is 12.5. The van der Waals surface area contributed by atoms with Crippen molar-refractivity contribution in [1.82, 2.24) is 14.5 Å². The molecule has 116 valence electrons. The van der Waals surface area contributed by atoms with Gasteiger partial charge in [-0.1, -0.05) is 0 Å². The fourth-order valence-electron chi connectivity index (χ4n) is 3.18. The summed E-state index contributed by atoms with van der Waals surface area (Å²) >= 11 is 0. The highest BCUT2D eigenvalue weighted by Gasteiger charge is 2.27. The van der Waals surface area contributed by atoms with Gasteiger partial charge in [0.1, 0.15) is 11.5 Å². The summed E-state index contributed by atoms with van der Waals surface area (Å²) in [6.45, 7) is 1.29. The second kappa shape index (κ2) is 5.35. The molecule has 0 aromatic carbocycles. The first-order chi connectivity index (χ1) is 10.7. The van der Waals surface area contributed by atoms with Crippen LogP contribution in [0, 0.1) is 0 Å². The molecule has 6 nitrogen and oxygen atoms in total. The molecule has 22 heavy (non-hydrogen) atoms. The Morgan fingerprint density at radius 3 is 2.86 bits per heavy atom. The first-order valence-electron chi connectivity index (χ1n) is 8.00. The van der Waals surface area contributed by atoms with E-state index >= 15 is 0 Å². The normalized spacial score (nSPS) is 22.6. The molecule has 2 N–H and O–H groups in total. The maximum Gasteiger partial charge on any atom is 0.351 e. The van der Waals surface area contributed by atoms with Crippen LogP contribution in [-0.4, -0.2) is 27.7 Å². The Morgan fingerprint density at radius 1 is 1.18 bits per heavy atom. The maximum atomic E-state index is 12.4. The highest BCUT2D eigenvalue weighted by Crippen LogP contribution is 2.39. The van der Waals surface area contributed by atoms with E-state index in [4.69, 9.17) is 15.5 Å². The average Bonchev–Trinajstić information content (AvgIpc) is 3.34. The highest BCUT2D eigenvalue weighted by atomic mass is 16.5. The zero-order valence-corrected chi connectivity index (χ0v) is 12.5. The molecule has 0 bridgehead atoms. The molecule has 1 aliphatic heterocycles. The van der Waals surface area contributed by atoms with Gasteiger partial charge in [-0.25, -0.2) is 9.78 Å². The molecule has 1 saturated carbocycles. The van der Waals surface area contributed by atoms with Gasteiger partial charge in [0.05, 0.1) is 18.0 Å². The monoisotopic (exact) mass is 300 g/mol. The van der Waals surface area contributed by atoms with Gasteiger partial charge in [-0.15, -0.1) is 0 Å². The van der Waals surface area contributed by atoms with E-state index in [1.807, 2.05) is 12.1 Å². The van der Waals surface area contributed by atoms with E-state index in [-0.39, 0.29) is 17.5 Å². The Hall–Kier alpha value is -1.95. The fraction of sp³-hybridized carbons (Fsp3) is 0.562. The van der Waals surface area contributed by atoms with Crippen LogP contribution in [0.4, 0.5) is 5.82 Å². The molecule has 2 fully saturated rings. The third-order valence-electron chi connectivity index (χ3n) is 4.57. The third-order valence-corrected chi connectivity index (χ3v) is 4.57. The summed E-state index contributed by atoms with van der Waals surface area (Å²) in [6, 6.07) is 3.95. The maximum absolute atomic E-state index is 12.4. The van der Waals surface area contributed by atoms with E-state index in [0.717, 1.165) is 36.9 Å². The lowest BCUT2D eigenvalue weighted by molar-refractivity contribution is 0.118. The molecule has 1 atom stereocenters. The SMILES string of the molecule is Nc1nc(=O)n([C@@H]2CCCCOC2)c2nc(C3CC3)ccc12. The number of nitrogen functional groups attached to an aromatic ring is 1. The van der Waals surface area contributed by atoms with E-state index in [1.54, 1.807) is 4.57 Å². The van der Waals surface area contributed by atoms with Crippen LogP contribution in [0.5, 0.6) is 0 Å². The van der Waals surface area contributed by atoms with Crippen molar-refractivity contribution in [1.29, 1.82) is 0 Å². The van der Waals surface area contributed by atoms with Crippen LogP contribution in [0.25, 0.3) is 11.0 Å². The first kappa shape index (κ1) is 13.7. The summed E-state index contributed by atoms with van der Waals surface area (Å²) in [6.07, 6.45) is 5.35. The van der Waals surface area contributed by atoms with Crippen LogP contribution in [-0.2, 0) is 4.74 Å². The van der Waals surface area contributed by atoms with E-state index in [0.29, 0.717) is 18.2 Å². The molecule has 0 spiro atoms. The molecule has 0 unspecified atom stereocenters. The number of aromatic nitrogens is 3. The summed E-state index contributed by atoms with van der Waals surface area (Å²) in [4.78, 5) is 21.2. The number of anilines is 1. The minimum absolute atomic E-state index is 0.00690. The van der Waals surface area contributed by atoms with E-state index in [9.17, 15) is 4.79 Å². The van der Waals surface area contributed by atoms with Crippen LogP contribution >= 0.6 is 0 Å². The first-order valence-corrected chi connectivity index (χ1v) is 8.00. The Bertz CT molecular complexity index is 759. The van der Waals surface area contributed by atoms with Gasteiger partial charge in [-0.2, -0.15) is 4.98 Å². The number of ether oxygens (including phenoxy) is 1. The van der Waals surface area contributed by atoms with Crippen molar-refractivity contribution in [2.24, 2.45) is 0 Å². The van der Waals surface area contributed by atoms with E-state index < -0.39 is 0 Å². The van der Waals surface area contributed by atoms with Gasteiger partial charge in [0, 0.05) is 18.2 Å². The molecular formula is C16H20N4O2. The molecule has 1 aliphatic carbocycles. The van der Waals surface area contributed by atoms with Crippen LogP contribution in [0.2, 0.25) is 0 Å². The number of pyridine rings is 1. The zero-order chi connectivity index (χ0) is 15.1. The summed E-state index contributed by atoms with van der Waals surface area (Å²) in [5, 5.41) is 0.758. The Balaban J connectivity index is 1.90. The lowest BCUT2D eigenvalue weighted by Crippen LogP contribution is -2.31. The number of rotatable bonds is 2. The molecule has 4 rings (SSSR count). The Morgan fingerprint density at radius 2 is 2.05 bits per heavy atom. The van der Waals surface area contributed by atoms with Crippen molar-refractivity contribution in [3.05, 3.63) is 28.3 Å². The van der Waals surface area contributed by atoms with Gasteiger partial charge in [0.25, 0.3) is 0 Å². The fourth-order valence-corrected chi connectivity index (χ4v) is 3.18. The molecule has 2 aromatic rings. The van der Waals surface area contributed by atoms with Crippen molar-refractivity contribution in [3.63, 3.8) is 0 Å². The van der Waals surface area contributed by atoms with Gasteiger partial charge >= 0.3 is 5.69 Å². The van der Waals surface area contributed by atoms with Gasteiger partial charge in [0.15, 0.2) is 0 Å². The molecule has 2 aliphatic rings. The summed E-state index contributed by atoms with van der Waals surface area (Å²) in [7, 11) is 0. The van der Waals surface area contributed by atoms with Crippen molar-refractivity contribution in [2.45, 2.75) is 44.1 Å².